The van der Waals surface area contributed by atoms with Gasteiger partial charge in [0.15, 0.2) is 0 Å². The Hall–Kier alpha value is -2.30. The van der Waals surface area contributed by atoms with Crippen molar-refractivity contribution in [3.8, 4) is 5.75 Å². The molecule has 92 valence electrons. The van der Waals surface area contributed by atoms with Gasteiger partial charge in [-0.2, -0.15) is 4.98 Å². The Balaban J connectivity index is 2.03. The summed E-state index contributed by atoms with van der Waals surface area (Å²) in [6.07, 6.45) is 2.68. The van der Waals surface area contributed by atoms with Gasteiger partial charge in [-0.3, -0.25) is 0 Å². The van der Waals surface area contributed by atoms with Gasteiger partial charge in [0.05, 0.1) is 7.11 Å². The van der Waals surface area contributed by atoms with Crippen molar-refractivity contribution in [1.82, 2.24) is 9.97 Å². The summed E-state index contributed by atoms with van der Waals surface area (Å²) in [7, 11) is 1.67. The molecular formula is C13H14N4O. The lowest BCUT2D eigenvalue weighted by Gasteiger charge is -2.18. The minimum atomic E-state index is 0.295. The van der Waals surface area contributed by atoms with Gasteiger partial charge in [-0.05, 0) is 24.1 Å². The van der Waals surface area contributed by atoms with Gasteiger partial charge in [-0.25, -0.2) is 4.98 Å². The molecule has 2 heterocycles. The molecule has 2 N–H and O–H groups in total. The molecule has 0 saturated heterocycles. The van der Waals surface area contributed by atoms with Crippen LogP contribution in [0.5, 0.6) is 5.75 Å². The van der Waals surface area contributed by atoms with E-state index in [1.165, 1.54) is 5.56 Å². The SMILES string of the molecule is COc1ccc2c(c1)N(c1ccnc(N)n1)CC2. The highest BCUT2D eigenvalue weighted by atomic mass is 16.5. The predicted molar refractivity (Wildman–Crippen MR) is 70.1 cm³/mol. The zero-order chi connectivity index (χ0) is 12.5. The summed E-state index contributed by atoms with van der Waals surface area (Å²) in [5.74, 6) is 1.97. The maximum Gasteiger partial charge on any atom is 0.221 e. The molecule has 0 spiro atoms. The zero-order valence-corrected chi connectivity index (χ0v) is 10.1. The van der Waals surface area contributed by atoms with Gasteiger partial charge in [0.2, 0.25) is 5.95 Å². The van der Waals surface area contributed by atoms with E-state index in [1.807, 2.05) is 18.2 Å². The monoisotopic (exact) mass is 242 g/mol. The zero-order valence-electron chi connectivity index (χ0n) is 10.1. The largest absolute Gasteiger partial charge is 0.497 e. The van der Waals surface area contributed by atoms with E-state index in [4.69, 9.17) is 10.5 Å². The number of anilines is 3. The van der Waals surface area contributed by atoms with Gasteiger partial charge in [0.25, 0.3) is 0 Å². The van der Waals surface area contributed by atoms with Crippen molar-refractivity contribution >= 4 is 17.5 Å². The number of hydrogen-bond acceptors (Lipinski definition) is 5. The van der Waals surface area contributed by atoms with Crippen LogP contribution in [-0.2, 0) is 6.42 Å². The molecule has 1 aliphatic heterocycles. The maximum absolute atomic E-state index is 5.63. The third-order valence-electron chi connectivity index (χ3n) is 3.12. The summed E-state index contributed by atoms with van der Waals surface area (Å²) >= 11 is 0. The van der Waals surface area contributed by atoms with Crippen LogP contribution in [0.25, 0.3) is 0 Å². The average molecular weight is 242 g/mol. The molecular weight excluding hydrogens is 228 g/mol. The van der Waals surface area contributed by atoms with Crippen LogP contribution < -0.4 is 15.4 Å². The Morgan fingerprint density at radius 2 is 2.22 bits per heavy atom. The molecule has 0 aliphatic carbocycles. The topological polar surface area (TPSA) is 64.3 Å². The number of hydrogen-bond donors (Lipinski definition) is 1. The number of nitrogens with zero attached hydrogens (tertiary/aromatic N) is 3. The predicted octanol–water partition coefficient (Wildman–Crippen LogP) is 1.76. The summed E-state index contributed by atoms with van der Waals surface area (Å²) in [6, 6.07) is 7.97. The van der Waals surface area contributed by atoms with E-state index in [1.54, 1.807) is 13.3 Å². The number of aromatic nitrogens is 2. The van der Waals surface area contributed by atoms with Crippen LogP contribution in [0, 0.1) is 0 Å². The molecule has 18 heavy (non-hydrogen) atoms. The molecule has 0 amide bonds. The molecule has 5 heteroatoms. The molecule has 0 bridgehead atoms. The highest BCUT2D eigenvalue weighted by Gasteiger charge is 2.22. The summed E-state index contributed by atoms with van der Waals surface area (Å²) in [5.41, 5.74) is 8.06. The number of ether oxygens (including phenoxy) is 1. The second-order valence-corrected chi connectivity index (χ2v) is 4.17. The van der Waals surface area contributed by atoms with E-state index in [9.17, 15) is 0 Å². The summed E-state index contributed by atoms with van der Waals surface area (Å²) in [6.45, 7) is 0.902. The molecule has 1 aliphatic rings. The van der Waals surface area contributed by atoms with Crippen molar-refractivity contribution in [3.05, 3.63) is 36.0 Å². The second-order valence-electron chi connectivity index (χ2n) is 4.17. The van der Waals surface area contributed by atoms with Crippen LogP contribution in [0.15, 0.2) is 30.5 Å². The highest BCUT2D eigenvalue weighted by Crippen LogP contribution is 2.35. The van der Waals surface area contributed by atoms with Gasteiger partial charge < -0.3 is 15.4 Å². The van der Waals surface area contributed by atoms with E-state index >= 15 is 0 Å². The summed E-state index contributed by atoms with van der Waals surface area (Å²) in [5, 5.41) is 0. The van der Waals surface area contributed by atoms with Gasteiger partial charge in [0, 0.05) is 24.5 Å². The fourth-order valence-corrected chi connectivity index (χ4v) is 2.24. The Morgan fingerprint density at radius 1 is 1.33 bits per heavy atom. The first-order chi connectivity index (χ1) is 8.78. The number of nitrogen functional groups attached to an aromatic ring is 1. The normalized spacial score (nSPS) is 13.5. The molecule has 0 saturated carbocycles. The van der Waals surface area contributed by atoms with E-state index in [2.05, 4.69) is 20.9 Å². The first-order valence-electron chi connectivity index (χ1n) is 5.81. The van der Waals surface area contributed by atoms with E-state index in [0.717, 1.165) is 30.2 Å². The van der Waals surface area contributed by atoms with Crippen LogP contribution in [0.3, 0.4) is 0 Å². The van der Waals surface area contributed by atoms with Gasteiger partial charge in [0.1, 0.15) is 11.6 Å². The molecule has 0 unspecified atom stereocenters. The van der Waals surface area contributed by atoms with Gasteiger partial charge >= 0.3 is 0 Å². The Bertz CT molecular complexity index is 585. The van der Waals surface area contributed by atoms with Crippen LogP contribution in [-0.4, -0.2) is 23.6 Å². The first kappa shape index (κ1) is 10.8. The lowest BCUT2D eigenvalue weighted by Crippen LogP contribution is -2.15. The van der Waals surface area contributed by atoms with Crippen LogP contribution in [0.4, 0.5) is 17.5 Å². The highest BCUT2D eigenvalue weighted by molar-refractivity contribution is 5.69. The van der Waals surface area contributed by atoms with Crippen molar-refractivity contribution in [2.45, 2.75) is 6.42 Å². The van der Waals surface area contributed by atoms with E-state index in [0.29, 0.717) is 5.95 Å². The fourth-order valence-electron chi connectivity index (χ4n) is 2.24. The Labute approximate surface area is 105 Å². The van der Waals surface area contributed by atoms with Crippen molar-refractivity contribution in [2.75, 3.05) is 24.3 Å². The Morgan fingerprint density at radius 3 is 3.00 bits per heavy atom. The first-order valence-corrected chi connectivity index (χ1v) is 5.81. The molecule has 1 aromatic heterocycles. The summed E-state index contributed by atoms with van der Waals surface area (Å²) in [4.78, 5) is 10.3. The number of methoxy groups -OCH3 is 1. The molecule has 0 fully saturated rings. The van der Waals surface area contributed by atoms with Crippen LogP contribution in [0.2, 0.25) is 0 Å². The van der Waals surface area contributed by atoms with Crippen molar-refractivity contribution in [2.24, 2.45) is 0 Å². The number of rotatable bonds is 2. The average Bonchev–Trinajstić information content (AvgIpc) is 2.81. The molecule has 3 rings (SSSR count). The molecule has 0 atom stereocenters. The fraction of sp³-hybridized carbons (Fsp3) is 0.231. The van der Waals surface area contributed by atoms with Crippen molar-refractivity contribution in [3.63, 3.8) is 0 Å². The van der Waals surface area contributed by atoms with Crippen molar-refractivity contribution < 1.29 is 4.74 Å². The molecule has 1 aromatic carbocycles. The van der Waals surface area contributed by atoms with Crippen LogP contribution >= 0.6 is 0 Å². The smallest absolute Gasteiger partial charge is 0.221 e. The lowest BCUT2D eigenvalue weighted by atomic mass is 10.1. The molecule has 2 aromatic rings. The minimum Gasteiger partial charge on any atom is -0.497 e. The van der Waals surface area contributed by atoms with Crippen molar-refractivity contribution in [1.29, 1.82) is 0 Å². The number of benzene rings is 1. The number of nitrogens with two attached hydrogens (primary N) is 1. The summed E-state index contributed by atoms with van der Waals surface area (Å²) < 4.78 is 5.26. The molecule has 5 nitrogen and oxygen atoms in total. The quantitative estimate of drug-likeness (QED) is 0.869. The Kier molecular flexibility index (Phi) is 2.51. The van der Waals surface area contributed by atoms with E-state index in [-0.39, 0.29) is 0 Å². The van der Waals surface area contributed by atoms with Gasteiger partial charge in [-0.15, -0.1) is 0 Å². The third kappa shape index (κ3) is 1.73. The van der Waals surface area contributed by atoms with Crippen LogP contribution in [0.1, 0.15) is 5.56 Å². The molecule has 0 radical (unpaired) electrons. The standard InChI is InChI=1S/C13H14N4O/c1-18-10-3-2-9-5-7-17(11(9)8-10)12-4-6-15-13(14)16-12/h2-4,6,8H,5,7H2,1H3,(H2,14,15,16). The van der Waals surface area contributed by atoms with E-state index < -0.39 is 0 Å². The maximum atomic E-state index is 5.63. The second kappa shape index (κ2) is 4.18. The lowest BCUT2D eigenvalue weighted by molar-refractivity contribution is 0.415. The minimum absolute atomic E-state index is 0.295. The van der Waals surface area contributed by atoms with Gasteiger partial charge in [-0.1, -0.05) is 6.07 Å². The number of fused-ring (bicyclic) bond motifs is 1. The third-order valence-corrected chi connectivity index (χ3v) is 3.12.